The third kappa shape index (κ3) is 9.83. The van der Waals surface area contributed by atoms with Crippen molar-refractivity contribution in [2.45, 2.75) is 40.0 Å². The van der Waals surface area contributed by atoms with Gasteiger partial charge in [-0.2, -0.15) is 0 Å². The first-order chi connectivity index (χ1) is 16.0. The number of unbranched alkanes of at least 4 members (excludes halogenated alkanes) is 1. The van der Waals surface area contributed by atoms with Crippen LogP contribution in [0, 0.1) is 0 Å². The summed E-state index contributed by atoms with van der Waals surface area (Å²) in [6, 6.07) is 22.9. The van der Waals surface area contributed by atoms with Crippen LogP contribution in [0.2, 0.25) is 0 Å². The Kier molecular flexibility index (Phi) is 11.6. The minimum Gasteiger partial charge on any atom is -0.508 e. The van der Waals surface area contributed by atoms with Crippen molar-refractivity contribution in [3.05, 3.63) is 78.4 Å². The molecule has 0 heterocycles. The highest BCUT2D eigenvalue weighted by molar-refractivity contribution is 7.80. The molecule has 0 fully saturated rings. The van der Waals surface area contributed by atoms with Crippen LogP contribution < -0.4 is 20.1 Å². The molecule has 0 bridgehead atoms. The maximum Gasteiger partial charge on any atom is 0.175 e. The van der Waals surface area contributed by atoms with Crippen molar-refractivity contribution in [2.24, 2.45) is 0 Å². The smallest absolute Gasteiger partial charge is 0.175 e. The minimum absolute atomic E-state index is 0.431. The number of para-hydroxylation sites is 1. The first kappa shape index (κ1) is 26.0. The maximum atomic E-state index is 9.34. The van der Waals surface area contributed by atoms with E-state index in [4.69, 9.17) is 21.7 Å². The summed E-state index contributed by atoms with van der Waals surface area (Å²) in [7, 11) is 0. The summed E-state index contributed by atoms with van der Waals surface area (Å²) in [5, 5.41) is 16.1. The average Bonchev–Trinajstić information content (AvgIpc) is 2.82. The van der Waals surface area contributed by atoms with Crippen LogP contribution in [0.25, 0.3) is 0 Å². The van der Waals surface area contributed by atoms with E-state index in [1.54, 1.807) is 6.07 Å². The number of aryl methyl sites for hydroxylation is 1. The number of hydrogen-bond acceptors (Lipinski definition) is 4. The van der Waals surface area contributed by atoms with Gasteiger partial charge in [-0.05, 0) is 99.1 Å². The molecule has 0 spiro atoms. The van der Waals surface area contributed by atoms with Gasteiger partial charge in [-0.3, -0.25) is 0 Å². The van der Waals surface area contributed by atoms with Gasteiger partial charge in [0.1, 0.15) is 17.2 Å². The first-order valence-electron chi connectivity index (χ1n) is 11.4. The van der Waals surface area contributed by atoms with Crippen LogP contribution in [0.4, 0.5) is 11.4 Å². The lowest BCUT2D eigenvalue weighted by Gasteiger charge is -2.12. The maximum absolute atomic E-state index is 9.34. The molecule has 0 amide bonds. The largest absolute Gasteiger partial charge is 0.508 e. The summed E-state index contributed by atoms with van der Waals surface area (Å²) in [4.78, 5) is 0. The summed E-state index contributed by atoms with van der Waals surface area (Å²) in [5.41, 5.74) is 2.88. The van der Waals surface area contributed by atoms with Gasteiger partial charge in [0.2, 0.25) is 0 Å². The molecule has 0 atom stereocenters. The standard InChI is InChI=1S/C17H20N2O2S.C10H14O/c1-3-20-15-9-5-13(6-10-15)18-17(22)19-14-7-11-16(12-8-14)21-4-2;1-2-3-6-9-7-4-5-8-10(9)11/h5-12H,3-4H2,1-2H3,(H2,18,19,22);4-5,7-8,11H,2-3,6H2,1H3. The number of phenols is 1. The number of ether oxygens (including phenoxy) is 2. The van der Waals surface area contributed by atoms with Crippen LogP contribution in [0.15, 0.2) is 72.8 Å². The van der Waals surface area contributed by atoms with Crippen molar-refractivity contribution in [2.75, 3.05) is 23.8 Å². The molecule has 6 heteroatoms. The number of benzene rings is 3. The molecular formula is C27H34N2O3S. The van der Waals surface area contributed by atoms with Gasteiger partial charge < -0.3 is 25.2 Å². The molecule has 3 aromatic carbocycles. The van der Waals surface area contributed by atoms with E-state index in [1.807, 2.05) is 80.6 Å². The third-order valence-electron chi connectivity index (χ3n) is 4.64. The van der Waals surface area contributed by atoms with E-state index >= 15 is 0 Å². The molecule has 176 valence electrons. The van der Waals surface area contributed by atoms with Crippen LogP contribution in [0.1, 0.15) is 39.2 Å². The van der Waals surface area contributed by atoms with Gasteiger partial charge in [-0.1, -0.05) is 31.5 Å². The fourth-order valence-corrected chi connectivity index (χ4v) is 3.22. The molecule has 0 aliphatic heterocycles. The zero-order chi connectivity index (χ0) is 23.9. The van der Waals surface area contributed by atoms with Crippen LogP contribution in [-0.4, -0.2) is 23.4 Å². The summed E-state index contributed by atoms with van der Waals surface area (Å²) in [6.07, 6.45) is 3.31. The van der Waals surface area contributed by atoms with Gasteiger partial charge in [0.05, 0.1) is 13.2 Å². The van der Waals surface area contributed by atoms with Crippen molar-refractivity contribution in [3.63, 3.8) is 0 Å². The topological polar surface area (TPSA) is 62.8 Å². The van der Waals surface area contributed by atoms with Gasteiger partial charge >= 0.3 is 0 Å². The highest BCUT2D eigenvalue weighted by Gasteiger charge is 2.01. The number of aromatic hydroxyl groups is 1. The normalized spacial score (nSPS) is 9.91. The predicted molar refractivity (Wildman–Crippen MR) is 142 cm³/mol. The van der Waals surface area contributed by atoms with E-state index in [0.29, 0.717) is 24.1 Å². The summed E-state index contributed by atoms with van der Waals surface area (Å²) < 4.78 is 10.8. The molecule has 0 saturated carbocycles. The van der Waals surface area contributed by atoms with Crippen molar-refractivity contribution >= 4 is 28.7 Å². The molecular weight excluding hydrogens is 432 g/mol. The monoisotopic (exact) mass is 466 g/mol. The zero-order valence-electron chi connectivity index (χ0n) is 19.6. The SMILES string of the molecule is CCCCc1ccccc1O.CCOc1ccc(NC(=S)Nc2ccc(OCC)cc2)cc1. The Bertz CT molecular complexity index is 906. The van der Waals surface area contributed by atoms with Gasteiger partial charge in [-0.15, -0.1) is 0 Å². The van der Waals surface area contributed by atoms with Crippen molar-refractivity contribution in [1.29, 1.82) is 0 Å². The Labute approximate surface area is 202 Å². The van der Waals surface area contributed by atoms with Gasteiger partial charge in [-0.25, -0.2) is 0 Å². The lowest BCUT2D eigenvalue weighted by atomic mass is 10.1. The minimum atomic E-state index is 0.431. The third-order valence-corrected chi connectivity index (χ3v) is 4.84. The Morgan fingerprint density at radius 3 is 1.67 bits per heavy atom. The number of rotatable bonds is 9. The summed E-state index contributed by atoms with van der Waals surface area (Å²) in [5.74, 6) is 2.12. The van der Waals surface area contributed by atoms with E-state index in [9.17, 15) is 5.11 Å². The molecule has 0 saturated heterocycles. The number of anilines is 2. The highest BCUT2D eigenvalue weighted by atomic mass is 32.1. The summed E-state index contributed by atoms with van der Waals surface area (Å²) in [6.45, 7) is 7.39. The molecule has 3 N–H and O–H groups in total. The molecule has 3 rings (SSSR count). The lowest BCUT2D eigenvalue weighted by molar-refractivity contribution is 0.340. The van der Waals surface area contributed by atoms with Gasteiger partial charge in [0, 0.05) is 11.4 Å². The molecule has 0 aromatic heterocycles. The number of nitrogens with one attached hydrogen (secondary N) is 2. The second-order valence-electron chi connectivity index (χ2n) is 7.23. The van der Waals surface area contributed by atoms with Crippen LogP contribution in [-0.2, 0) is 6.42 Å². The van der Waals surface area contributed by atoms with Crippen molar-refractivity contribution < 1.29 is 14.6 Å². The van der Waals surface area contributed by atoms with Gasteiger partial charge in [0.15, 0.2) is 5.11 Å². The van der Waals surface area contributed by atoms with Crippen LogP contribution in [0.3, 0.4) is 0 Å². The Morgan fingerprint density at radius 2 is 1.24 bits per heavy atom. The van der Waals surface area contributed by atoms with E-state index in [-0.39, 0.29) is 0 Å². The predicted octanol–water partition coefficient (Wildman–Crippen LogP) is 7.03. The Morgan fingerprint density at radius 1 is 0.758 bits per heavy atom. The zero-order valence-corrected chi connectivity index (χ0v) is 20.5. The Hall–Kier alpha value is -3.25. The molecule has 0 unspecified atom stereocenters. The van der Waals surface area contributed by atoms with Crippen LogP contribution in [0.5, 0.6) is 17.2 Å². The first-order valence-corrected chi connectivity index (χ1v) is 11.8. The fraction of sp³-hybridized carbons (Fsp3) is 0.296. The van der Waals surface area contributed by atoms with Gasteiger partial charge in [0.25, 0.3) is 0 Å². The number of hydrogen-bond donors (Lipinski definition) is 3. The summed E-state index contributed by atoms with van der Waals surface area (Å²) >= 11 is 5.30. The van der Waals surface area contributed by atoms with E-state index in [0.717, 1.165) is 41.3 Å². The number of thiocarbonyl (C=S) groups is 1. The second kappa shape index (κ2) is 14.7. The average molecular weight is 467 g/mol. The van der Waals surface area contributed by atoms with E-state index in [2.05, 4.69) is 17.6 Å². The quantitative estimate of drug-likeness (QED) is 0.294. The molecule has 33 heavy (non-hydrogen) atoms. The number of phenolic OH excluding ortho intramolecular Hbond substituents is 1. The van der Waals surface area contributed by atoms with Crippen LogP contribution >= 0.6 is 12.2 Å². The lowest BCUT2D eigenvalue weighted by Crippen LogP contribution is -2.18. The van der Waals surface area contributed by atoms with E-state index < -0.39 is 0 Å². The molecule has 0 aliphatic carbocycles. The molecule has 0 radical (unpaired) electrons. The van der Waals surface area contributed by atoms with Crippen molar-refractivity contribution in [1.82, 2.24) is 0 Å². The highest BCUT2D eigenvalue weighted by Crippen LogP contribution is 2.19. The van der Waals surface area contributed by atoms with E-state index in [1.165, 1.54) is 6.42 Å². The fourth-order valence-electron chi connectivity index (χ4n) is 2.99. The Balaban J connectivity index is 0.000000294. The van der Waals surface area contributed by atoms with Crippen molar-refractivity contribution in [3.8, 4) is 17.2 Å². The molecule has 3 aromatic rings. The molecule has 5 nitrogen and oxygen atoms in total. The second-order valence-corrected chi connectivity index (χ2v) is 7.63. The molecule has 0 aliphatic rings.